The molecule has 2 bridgehead atoms. The zero-order chi connectivity index (χ0) is 16.5. The Bertz CT molecular complexity index is 686. The van der Waals surface area contributed by atoms with Gasteiger partial charge in [0, 0.05) is 23.6 Å². The first kappa shape index (κ1) is 15.0. The molecule has 24 heavy (non-hydrogen) atoms. The van der Waals surface area contributed by atoms with Crippen molar-refractivity contribution < 1.29 is 15.3 Å². The summed E-state index contributed by atoms with van der Waals surface area (Å²) in [6, 6.07) is 3.73. The predicted octanol–water partition coefficient (Wildman–Crippen LogP) is 2.68. The second kappa shape index (κ2) is 4.89. The SMILES string of the molecule is Oc1ccc2c(c1O)C13CCCCC1(O)C(C2)N(CC1CC1)CC3. The van der Waals surface area contributed by atoms with Crippen LogP contribution in [-0.2, 0) is 11.8 Å². The average Bonchev–Trinajstić information content (AvgIpc) is 3.37. The molecule has 5 rings (SSSR count). The van der Waals surface area contributed by atoms with E-state index in [2.05, 4.69) is 4.90 Å². The van der Waals surface area contributed by atoms with Crippen molar-refractivity contribution in [2.24, 2.45) is 5.92 Å². The third-order valence-electron chi connectivity index (χ3n) is 7.38. The number of aromatic hydroxyl groups is 2. The van der Waals surface area contributed by atoms with Crippen LogP contribution >= 0.6 is 0 Å². The summed E-state index contributed by atoms with van der Waals surface area (Å²) in [6.07, 6.45) is 8.21. The molecule has 3 N–H and O–H groups in total. The first-order chi connectivity index (χ1) is 11.6. The summed E-state index contributed by atoms with van der Waals surface area (Å²) in [5.74, 6) is 0.788. The van der Waals surface area contributed by atoms with Gasteiger partial charge in [-0.3, -0.25) is 4.90 Å². The minimum atomic E-state index is -0.767. The van der Waals surface area contributed by atoms with E-state index >= 15 is 0 Å². The predicted molar refractivity (Wildman–Crippen MR) is 91.3 cm³/mol. The molecule has 0 spiro atoms. The number of likely N-dealkylation sites (tertiary alicyclic amines) is 1. The highest BCUT2D eigenvalue weighted by Gasteiger charge is 2.64. The van der Waals surface area contributed by atoms with Crippen molar-refractivity contribution in [3.63, 3.8) is 0 Å². The molecule has 1 aromatic rings. The van der Waals surface area contributed by atoms with E-state index in [-0.39, 0.29) is 23.0 Å². The van der Waals surface area contributed by atoms with Crippen molar-refractivity contribution in [1.82, 2.24) is 4.90 Å². The van der Waals surface area contributed by atoms with E-state index in [1.165, 1.54) is 12.8 Å². The standard InChI is InChI=1S/C20H27NO3/c22-15-6-5-14-11-16-20(24)8-2-1-7-19(20,17(14)18(15)23)9-10-21(16)12-13-3-4-13/h5-6,13,16,22-24H,1-4,7-12H2. The molecule has 1 heterocycles. The van der Waals surface area contributed by atoms with Crippen molar-refractivity contribution in [2.75, 3.05) is 13.1 Å². The van der Waals surface area contributed by atoms with Crippen LogP contribution in [0.2, 0.25) is 0 Å². The third-order valence-corrected chi connectivity index (χ3v) is 7.38. The first-order valence-electron chi connectivity index (χ1n) is 9.56. The molecule has 4 nitrogen and oxygen atoms in total. The van der Waals surface area contributed by atoms with Gasteiger partial charge in [-0.25, -0.2) is 0 Å². The number of piperidine rings is 1. The van der Waals surface area contributed by atoms with Gasteiger partial charge in [0.25, 0.3) is 0 Å². The van der Waals surface area contributed by atoms with E-state index in [1.807, 2.05) is 6.07 Å². The van der Waals surface area contributed by atoms with Crippen molar-refractivity contribution in [1.29, 1.82) is 0 Å². The molecule has 3 fully saturated rings. The zero-order valence-electron chi connectivity index (χ0n) is 14.2. The Morgan fingerprint density at radius 2 is 1.88 bits per heavy atom. The Balaban J connectivity index is 1.67. The molecule has 1 aliphatic heterocycles. The molecule has 2 saturated carbocycles. The summed E-state index contributed by atoms with van der Waals surface area (Å²) in [4.78, 5) is 2.54. The van der Waals surface area contributed by atoms with Crippen LogP contribution in [0.1, 0.15) is 56.1 Å². The van der Waals surface area contributed by atoms with Crippen LogP contribution in [0.3, 0.4) is 0 Å². The maximum absolute atomic E-state index is 11.9. The van der Waals surface area contributed by atoms with Gasteiger partial charge in [-0.2, -0.15) is 0 Å². The minimum absolute atomic E-state index is 0.0157. The second-order valence-electron chi connectivity index (χ2n) is 8.59. The second-order valence-corrected chi connectivity index (χ2v) is 8.59. The van der Waals surface area contributed by atoms with Gasteiger partial charge in [-0.1, -0.05) is 18.9 Å². The smallest absolute Gasteiger partial charge is 0.161 e. The Hall–Kier alpha value is -1.26. The van der Waals surface area contributed by atoms with Gasteiger partial charge in [0.1, 0.15) is 0 Å². The molecule has 3 atom stereocenters. The van der Waals surface area contributed by atoms with Crippen molar-refractivity contribution in [2.45, 2.75) is 68.4 Å². The lowest BCUT2D eigenvalue weighted by Gasteiger charge is -2.64. The number of nitrogens with zero attached hydrogens (tertiary/aromatic N) is 1. The summed E-state index contributed by atoms with van der Waals surface area (Å²) in [5.41, 5.74) is 0.831. The zero-order valence-corrected chi connectivity index (χ0v) is 14.2. The Kier molecular flexibility index (Phi) is 3.06. The van der Waals surface area contributed by atoms with Crippen molar-refractivity contribution in [3.05, 3.63) is 23.3 Å². The fraction of sp³-hybridized carbons (Fsp3) is 0.700. The van der Waals surface area contributed by atoms with Crippen molar-refractivity contribution >= 4 is 0 Å². The fourth-order valence-electron chi connectivity index (χ4n) is 6.05. The van der Waals surface area contributed by atoms with Crippen LogP contribution in [0.4, 0.5) is 0 Å². The van der Waals surface area contributed by atoms with Gasteiger partial charge in [0.15, 0.2) is 11.5 Å². The van der Waals surface area contributed by atoms with E-state index in [0.29, 0.717) is 0 Å². The lowest BCUT2D eigenvalue weighted by Crippen LogP contribution is -2.72. The van der Waals surface area contributed by atoms with E-state index in [0.717, 1.165) is 68.7 Å². The van der Waals surface area contributed by atoms with Crippen LogP contribution in [0, 0.1) is 5.92 Å². The monoisotopic (exact) mass is 329 g/mol. The number of rotatable bonds is 2. The van der Waals surface area contributed by atoms with E-state index in [9.17, 15) is 15.3 Å². The maximum Gasteiger partial charge on any atom is 0.161 e. The van der Waals surface area contributed by atoms with E-state index < -0.39 is 5.60 Å². The molecule has 0 aromatic heterocycles. The number of hydrogen-bond acceptors (Lipinski definition) is 4. The van der Waals surface area contributed by atoms with Gasteiger partial charge >= 0.3 is 0 Å². The Labute approximate surface area is 143 Å². The maximum atomic E-state index is 11.9. The number of benzene rings is 1. The first-order valence-corrected chi connectivity index (χ1v) is 9.56. The summed E-state index contributed by atoms with van der Waals surface area (Å²) in [6.45, 7) is 2.11. The molecule has 1 aromatic carbocycles. The Morgan fingerprint density at radius 3 is 2.67 bits per heavy atom. The molecule has 0 radical (unpaired) electrons. The number of hydrogen-bond donors (Lipinski definition) is 3. The lowest BCUT2D eigenvalue weighted by atomic mass is 9.49. The van der Waals surface area contributed by atoms with Gasteiger partial charge < -0.3 is 15.3 Å². The average molecular weight is 329 g/mol. The number of phenols is 2. The fourth-order valence-corrected chi connectivity index (χ4v) is 6.05. The molecular weight excluding hydrogens is 302 g/mol. The normalized spacial score (nSPS) is 38.5. The Morgan fingerprint density at radius 1 is 1.08 bits per heavy atom. The molecule has 130 valence electrons. The summed E-state index contributed by atoms with van der Waals surface area (Å²) < 4.78 is 0. The molecule has 3 unspecified atom stereocenters. The van der Waals surface area contributed by atoms with Gasteiger partial charge in [0.05, 0.1) is 5.60 Å². The van der Waals surface area contributed by atoms with Gasteiger partial charge in [0.2, 0.25) is 0 Å². The summed E-state index contributed by atoms with van der Waals surface area (Å²) in [5, 5.41) is 32.6. The highest BCUT2D eigenvalue weighted by atomic mass is 16.3. The van der Waals surface area contributed by atoms with Crippen LogP contribution in [0.15, 0.2) is 12.1 Å². The molecular formula is C20H27NO3. The van der Waals surface area contributed by atoms with E-state index in [1.54, 1.807) is 6.07 Å². The van der Waals surface area contributed by atoms with E-state index in [4.69, 9.17) is 0 Å². The van der Waals surface area contributed by atoms with Crippen LogP contribution < -0.4 is 0 Å². The molecule has 1 saturated heterocycles. The summed E-state index contributed by atoms with van der Waals surface area (Å²) in [7, 11) is 0. The number of phenolic OH excluding ortho intramolecular Hbond substituents is 2. The number of aliphatic hydroxyl groups is 1. The minimum Gasteiger partial charge on any atom is -0.504 e. The quantitative estimate of drug-likeness (QED) is 0.730. The topological polar surface area (TPSA) is 63.9 Å². The highest BCUT2D eigenvalue weighted by Crippen LogP contribution is 2.61. The number of fused-ring (bicyclic) bond motifs is 1. The van der Waals surface area contributed by atoms with Gasteiger partial charge in [-0.15, -0.1) is 0 Å². The van der Waals surface area contributed by atoms with Crippen LogP contribution in [-0.4, -0.2) is 45.0 Å². The van der Waals surface area contributed by atoms with Crippen LogP contribution in [0.25, 0.3) is 0 Å². The highest BCUT2D eigenvalue weighted by molar-refractivity contribution is 5.57. The lowest BCUT2D eigenvalue weighted by molar-refractivity contribution is -0.167. The molecule has 4 aliphatic rings. The van der Waals surface area contributed by atoms with Crippen LogP contribution in [0.5, 0.6) is 11.5 Å². The largest absolute Gasteiger partial charge is 0.504 e. The molecule has 0 amide bonds. The van der Waals surface area contributed by atoms with Gasteiger partial charge in [-0.05, 0) is 62.6 Å². The molecule has 3 aliphatic carbocycles. The molecule has 4 heteroatoms. The summed E-state index contributed by atoms with van der Waals surface area (Å²) >= 11 is 0. The van der Waals surface area contributed by atoms with Crippen molar-refractivity contribution in [3.8, 4) is 11.5 Å². The third kappa shape index (κ3) is 1.81.